The molecule has 112 valence electrons. The summed E-state index contributed by atoms with van der Waals surface area (Å²) in [5, 5.41) is 13.3. The van der Waals surface area contributed by atoms with Crippen LogP contribution in [-0.4, -0.2) is 33.7 Å². The first kappa shape index (κ1) is 14.7. The summed E-state index contributed by atoms with van der Waals surface area (Å²) in [7, 11) is 0. The summed E-state index contributed by atoms with van der Waals surface area (Å²) >= 11 is 1.72. The van der Waals surface area contributed by atoms with Gasteiger partial charge in [0.2, 0.25) is 0 Å². The van der Waals surface area contributed by atoms with Crippen LogP contribution in [0.4, 0.5) is 0 Å². The molecule has 4 heteroatoms. The van der Waals surface area contributed by atoms with Gasteiger partial charge in [0.15, 0.2) is 0 Å². The third-order valence-corrected chi connectivity index (χ3v) is 5.36. The summed E-state index contributed by atoms with van der Waals surface area (Å²) in [6.07, 6.45) is 3.12. The first-order valence-electron chi connectivity index (χ1n) is 7.53. The van der Waals surface area contributed by atoms with E-state index in [0.29, 0.717) is 0 Å². The zero-order valence-corrected chi connectivity index (χ0v) is 13.3. The van der Waals surface area contributed by atoms with Gasteiger partial charge in [0.05, 0.1) is 13.2 Å². The Hall–Kier alpha value is -1.23. The molecule has 0 unspecified atom stereocenters. The summed E-state index contributed by atoms with van der Waals surface area (Å²) in [5.74, 6) is 0. The molecule has 1 atom stereocenters. The van der Waals surface area contributed by atoms with Crippen LogP contribution >= 0.6 is 11.3 Å². The van der Waals surface area contributed by atoms with E-state index in [1.54, 1.807) is 11.3 Å². The molecule has 2 aromatic rings. The van der Waals surface area contributed by atoms with E-state index in [1.807, 2.05) is 13.0 Å². The average Bonchev–Trinajstić information content (AvgIpc) is 3.08. The fraction of sp³-hybridized carbons (Fsp3) is 0.471. The lowest BCUT2D eigenvalue weighted by molar-refractivity contribution is 0.0581. The number of aliphatic hydroxyl groups is 1. The van der Waals surface area contributed by atoms with Gasteiger partial charge in [-0.05, 0) is 38.3 Å². The van der Waals surface area contributed by atoms with Crippen molar-refractivity contribution in [2.45, 2.75) is 38.3 Å². The summed E-state index contributed by atoms with van der Waals surface area (Å²) in [5.41, 5.74) is 2.27. The lowest BCUT2D eigenvalue weighted by Crippen LogP contribution is -2.48. The van der Waals surface area contributed by atoms with Crippen molar-refractivity contribution in [3.8, 4) is 0 Å². The van der Waals surface area contributed by atoms with Crippen molar-refractivity contribution in [3.63, 3.8) is 0 Å². The summed E-state index contributed by atoms with van der Waals surface area (Å²) in [6.45, 7) is 4.15. The highest BCUT2D eigenvalue weighted by atomic mass is 32.1. The number of thiazole rings is 1. The van der Waals surface area contributed by atoms with E-state index in [4.69, 9.17) is 0 Å². The average molecular weight is 302 g/mol. The Morgan fingerprint density at radius 1 is 1.33 bits per heavy atom. The summed E-state index contributed by atoms with van der Waals surface area (Å²) < 4.78 is 0. The Balaban J connectivity index is 1.78. The van der Waals surface area contributed by atoms with Crippen LogP contribution < -0.4 is 0 Å². The number of benzene rings is 1. The number of hydrogen-bond acceptors (Lipinski definition) is 4. The highest BCUT2D eigenvalue weighted by Gasteiger charge is 2.40. The molecule has 0 radical (unpaired) electrons. The van der Waals surface area contributed by atoms with Crippen molar-refractivity contribution in [2.24, 2.45) is 0 Å². The van der Waals surface area contributed by atoms with E-state index in [1.165, 1.54) is 5.56 Å². The second-order valence-electron chi connectivity index (χ2n) is 5.95. The number of rotatable bonds is 5. The van der Waals surface area contributed by atoms with E-state index < -0.39 is 0 Å². The molecule has 2 heterocycles. The quantitative estimate of drug-likeness (QED) is 0.922. The number of likely N-dealkylation sites (tertiary alicyclic amines) is 1. The maximum Gasteiger partial charge on any atom is 0.107 e. The molecule has 0 saturated carbocycles. The molecule has 1 fully saturated rings. The maximum atomic E-state index is 10.1. The first-order valence-corrected chi connectivity index (χ1v) is 8.41. The van der Waals surface area contributed by atoms with Gasteiger partial charge in [0.25, 0.3) is 0 Å². The lowest BCUT2D eigenvalue weighted by Gasteiger charge is -2.37. The minimum absolute atomic E-state index is 0.124. The van der Waals surface area contributed by atoms with Crippen LogP contribution in [0.25, 0.3) is 0 Å². The van der Waals surface area contributed by atoms with Crippen molar-refractivity contribution in [1.29, 1.82) is 0 Å². The second-order valence-corrected chi connectivity index (χ2v) is 6.90. The minimum atomic E-state index is -0.124. The summed E-state index contributed by atoms with van der Waals surface area (Å²) in [6, 6.07) is 10.5. The van der Waals surface area contributed by atoms with Crippen LogP contribution in [0.15, 0.2) is 35.7 Å². The second kappa shape index (κ2) is 6.26. The van der Waals surface area contributed by atoms with Crippen LogP contribution in [0.3, 0.4) is 0 Å². The van der Waals surface area contributed by atoms with Gasteiger partial charge in [-0.1, -0.05) is 30.3 Å². The first-order chi connectivity index (χ1) is 10.2. The number of aromatic nitrogens is 1. The maximum absolute atomic E-state index is 10.1. The Kier molecular flexibility index (Phi) is 4.38. The molecule has 1 saturated heterocycles. The molecule has 1 aromatic heterocycles. The molecular formula is C17H22N2OS. The van der Waals surface area contributed by atoms with Gasteiger partial charge in [-0.3, -0.25) is 4.90 Å². The van der Waals surface area contributed by atoms with Crippen LogP contribution in [0, 0.1) is 6.92 Å². The van der Waals surface area contributed by atoms with Gasteiger partial charge >= 0.3 is 0 Å². The molecule has 0 bridgehead atoms. The number of nitrogens with zero attached hydrogens (tertiary/aromatic N) is 2. The van der Waals surface area contributed by atoms with Crippen LogP contribution in [-0.2, 0) is 13.0 Å². The normalized spacial score (nSPS) is 22.8. The third kappa shape index (κ3) is 3.18. The largest absolute Gasteiger partial charge is 0.394 e. The molecule has 0 amide bonds. The minimum Gasteiger partial charge on any atom is -0.394 e. The fourth-order valence-corrected chi connectivity index (χ4v) is 4.08. The molecule has 0 aliphatic carbocycles. The Labute approximate surface area is 130 Å². The third-order valence-electron chi connectivity index (χ3n) is 4.40. The van der Waals surface area contributed by atoms with Crippen LogP contribution in [0.1, 0.15) is 29.1 Å². The van der Waals surface area contributed by atoms with Gasteiger partial charge in [0, 0.05) is 16.6 Å². The Morgan fingerprint density at radius 3 is 2.81 bits per heavy atom. The standard InChI is InChI=1S/C17H22N2OS/c1-14-12-21-16(18-14)11-19-9-5-8-17(19,13-20)10-15-6-3-2-4-7-15/h2-4,6-7,12,20H,5,8-11,13H2,1H3/t17-/m0/s1. The zero-order valence-electron chi connectivity index (χ0n) is 12.5. The number of hydrogen-bond donors (Lipinski definition) is 1. The molecule has 0 spiro atoms. The molecule has 1 aromatic carbocycles. The molecule has 1 N–H and O–H groups in total. The Bertz CT molecular complexity index is 583. The number of aliphatic hydroxyl groups excluding tert-OH is 1. The molecule has 3 rings (SSSR count). The van der Waals surface area contributed by atoms with E-state index in [2.05, 4.69) is 39.5 Å². The van der Waals surface area contributed by atoms with Gasteiger partial charge < -0.3 is 5.11 Å². The van der Waals surface area contributed by atoms with Crippen molar-refractivity contribution >= 4 is 11.3 Å². The van der Waals surface area contributed by atoms with Crippen molar-refractivity contribution in [2.75, 3.05) is 13.2 Å². The predicted octanol–water partition coefficient (Wildman–Crippen LogP) is 3.02. The van der Waals surface area contributed by atoms with E-state index in [-0.39, 0.29) is 12.1 Å². The molecule has 3 nitrogen and oxygen atoms in total. The van der Waals surface area contributed by atoms with Crippen molar-refractivity contribution in [3.05, 3.63) is 52.0 Å². The molecule has 1 aliphatic rings. The van der Waals surface area contributed by atoms with Gasteiger partial charge in [-0.25, -0.2) is 4.98 Å². The Morgan fingerprint density at radius 2 is 2.14 bits per heavy atom. The SMILES string of the molecule is Cc1csc(CN2CCC[C@@]2(CO)Cc2ccccc2)n1. The highest BCUT2D eigenvalue weighted by molar-refractivity contribution is 7.09. The van der Waals surface area contributed by atoms with E-state index in [0.717, 1.165) is 43.1 Å². The van der Waals surface area contributed by atoms with E-state index >= 15 is 0 Å². The molecular weight excluding hydrogens is 280 g/mol. The number of aryl methyl sites for hydroxylation is 1. The predicted molar refractivity (Wildman–Crippen MR) is 86.5 cm³/mol. The smallest absolute Gasteiger partial charge is 0.107 e. The van der Waals surface area contributed by atoms with Crippen LogP contribution in [0.5, 0.6) is 0 Å². The summed E-state index contributed by atoms with van der Waals surface area (Å²) in [4.78, 5) is 7.01. The van der Waals surface area contributed by atoms with Crippen LogP contribution in [0.2, 0.25) is 0 Å². The van der Waals surface area contributed by atoms with Gasteiger partial charge in [0.1, 0.15) is 5.01 Å². The zero-order chi connectivity index (χ0) is 14.7. The lowest BCUT2D eigenvalue weighted by atomic mass is 9.89. The highest BCUT2D eigenvalue weighted by Crippen LogP contribution is 2.34. The van der Waals surface area contributed by atoms with Gasteiger partial charge in [-0.2, -0.15) is 0 Å². The van der Waals surface area contributed by atoms with Crippen molar-refractivity contribution < 1.29 is 5.11 Å². The topological polar surface area (TPSA) is 36.4 Å². The molecule has 21 heavy (non-hydrogen) atoms. The van der Waals surface area contributed by atoms with E-state index in [9.17, 15) is 5.11 Å². The monoisotopic (exact) mass is 302 g/mol. The van der Waals surface area contributed by atoms with Crippen molar-refractivity contribution in [1.82, 2.24) is 9.88 Å². The fourth-order valence-electron chi connectivity index (χ4n) is 3.29. The van der Waals surface area contributed by atoms with Gasteiger partial charge in [-0.15, -0.1) is 11.3 Å². The molecule has 1 aliphatic heterocycles.